The van der Waals surface area contributed by atoms with Gasteiger partial charge in [-0.1, -0.05) is 29.3 Å². The van der Waals surface area contributed by atoms with E-state index in [0.717, 1.165) is 12.8 Å². The summed E-state index contributed by atoms with van der Waals surface area (Å²) >= 11 is 11.9. The average Bonchev–Trinajstić information content (AvgIpc) is 3.25. The van der Waals surface area contributed by atoms with Crippen LogP contribution in [-0.4, -0.2) is 24.6 Å². The summed E-state index contributed by atoms with van der Waals surface area (Å²) in [5, 5.41) is 3.50. The van der Waals surface area contributed by atoms with Crippen LogP contribution >= 0.6 is 23.2 Å². The molecule has 0 bridgehead atoms. The van der Waals surface area contributed by atoms with Gasteiger partial charge in [0.15, 0.2) is 6.10 Å². The van der Waals surface area contributed by atoms with Gasteiger partial charge in [-0.3, -0.25) is 4.79 Å². The van der Waals surface area contributed by atoms with Crippen LogP contribution in [0.3, 0.4) is 0 Å². The number of ether oxygens (including phenoxy) is 1. The minimum atomic E-state index is -0.655. The molecular weight excluding hydrogens is 299 g/mol. The summed E-state index contributed by atoms with van der Waals surface area (Å²) in [6, 6.07) is 5.09. The van der Waals surface area contributed by atoms with Crippen molar-refractivity contribution in [3.8, 4) is 5.75 Å². The largest absolute Gasteiger partial charge is 0.479 e. The summed E-state index contributed by atoms with van der Waals surface area (Å²) in [6.45, 7) is 2.13. The molecule has 1 aromatic carbocycles. The van der Waals surface area contributed by atoms with Crippen molar-refractivity contribution in [3.63, 3.8) is 0 Å². The third-order valence-electron chi connectivity index (χ3n) is 3.33. The van der Waals surface area contributed by atoms with E-state index < -0.39 is 6.10 Å². The van der Waals surface area contributed by atoms with E-state index in [0.29, 0.717) is 28.3 Å². The second-order valence-electron chi connectivity index (χ2n) is 5.06. The quantitative estimate of drug-likeness (QED) is 0.848. The molecule has 2 unspecified atom stereocenters. The summed E-state index contributed by atoms with van der Waals surface area (Å²) < 4.78 is 5.53. The van der Waals surface area contributed by atoms with Crippen LogP contribution in [0.25, 0.3) is 0 Å². The summed E-state index contributed by atoms with van der Waals surface area (Å²) in [5.74, 6) is 0.736. The van der Waals surface area contributed by atoms with E-state index in [1.54, 1.807) is 25.1 Å². The Balaban J connectivity index is 1.85. The Labute approximate surface area is 128 Å². The lowest BCUT2D eigenvalue weighted by atomic mass is 10.2. The molecule has 0 saturated heterocycles. The fraction of sp³-hybridized carbons (Fsp3) is 0.500. The number of nitrogens with one attached hydrogen (secondary N) is 1. The molecule has 0 aromatic heterocycles. The van der Waals surface area contributed by atoms with Crippen LogP contribution in [0.15, 0.2) is 18.2 Å². The summed E-state index contributed by atoms with van der Waals surface area (Å²) in [7, 11) is 0. The highest BCUT2D eigenvalue weighted by atomic mass is 35.5. The Kier molecular flexibility index (Phi) is 5.13. The predicted octanol–water partition coefficient (Wildman–Crippen LogP) is 2.61. The summed E-state index contributed by atoms with van der Waals surface area (Å²) in [6.07, 6.45) is 1.65. The number of halogens is 2. The molecule has 0 spiro atoms. The van der Waals surface area contributed by atoms with Crippen LogP contribution in [-0.2, 0) is 4.79 Å². The van der Waals surface area contributed by atoms with Crippen molar-refractivity contribution in [2.45, 2.75) is 31.9 Å². The van der Waals surface area contributed by atoms with Crippen LogP contribution in [0.4, 0.5) is 0 Å². The average molecular weight is 317 g/mol. The molecule has 0 heterocycles. The van der Waals surface area contributed by atoms with Gasteiger partial charge in [-0.2, -0.15) is 0 Å². The lowest BCUT2D eigenvalue weighted by Crippen LogP contribution is -2.43. The van der Waals surface area contributed by atoms with Gasteiger partial charge in [-0.15, -0.1) is 0 Å². The van der Waals surface area contributed by atoms with E-state index in [9.17, 15) is 4.79 Å². The molecule has 1 amide bonds. The molecule has 0 radical (unpaired) electrons. The molecule has 3 N–H and O–H groups in total. The summed E-state index contributed by atoms with van der Waals surface area (Å²) in [4.78, 5) is 11.9. The third kappa shape index (κ3) is 4.01. The van der Waals surface area contributed by atoms with Gasteiger partial charge in [0.1, 0.15) is 10.8 Å². The first-order valence-corrected chi connectivity index (χ1v) is 7.38. The summed E-state index contributed by atoms with van der Waals surface area (Å²) in [5.41, 5.74) is 5.93. The van der Waals surface area contributed by atoms with E-state index >= 15 is 0 Å². The van der Waals surface area contributed by atoms with Gasteiger partial charge in [0.25, 0.3) is 5.91 Å². The van der Waals surface area contributed by atoms with Crippen molar-refractivity contribution in [2.75, 3.05) is 6.54 Å². The SMILES string of the molecule is CC(Oc1cccc(Cl)c1Cl)C(=O)NCC(N)C1CC1. The van der Waals surface area contributed by atoms with Crippen molar-refractivity contribution in [3.05, 3.63) is 28.2 Å². The van der Waals surface area contributed by atoms with Crippen molar-refractivity contribution in [2.24, 2.45) is 11.7 Å². The second-order valence-corrected chi connectivity index (χ2v) is 5.84. The number of carbonyl (C=O) groups is 1. The van der Waals surface area contributed by atoms with Gasteiger partial charge >= 0.3 is 0 Å². The predicted molar refractivity (Wildman–Crippen MR) is 80.3 cm³/mol. The maximum atomic E-state index is 11.9. The number of rotatable bonds is 6. The molecule has 110 valence electrons. The van der Waals surface area contributed by atoms with E-state index in [2.05, 4.69) is 5.32 Å². The van der Waals surface area contributed by atoms with Crippen LogP contribution in [0.2, 0.25) is 10.0 Å². The molecule has 4 nitrogen and oxygen atoms in total. The fourth-order valence-electron chi connectivity index (χ4n) is 1.87. The zero-order valence-electron chi connectivity index (χ0n) is 11.2. The van der Waals surface area contributed by atoms with E-state index in [1.165, 1.54) is 0 Å². The Morgan fingerprint density at radius 3 is 2.85 bits per heavy atom. The molecule has 20 heavy (non-hydrogen) atoms. The molecule has 1 fully saturated rings. The van der Waals surface area contributed by atoms with Crippen LogP contribution < -0.4 is 15.8 Å². The first-order valence-electron chi connectivity index (χ1n) is 6.63. The van der Waals surface area contributed by atoms with Gasteiger partial charge in [0.05, 0.1) is 5.02 Å². The normalized spacial score (nSPS) is 17.4. The smallest absolute Gasteiger partial charge is 0.260 e. The minimum Gasteiger partial charge on any atom is -0.479 e. The molecular formula is C14H18Cl2N2O2. The Bertz CT molecular complexity index is 492. The molecule has 1 saturated carbocycles. The lowest BCUT2D eigenvalue weighted by Gasteiger charge is -2.17. The molecule has 2 rings (SSSR count). The number of hydrogen-bond donors (Lipinski definition) is 2. The minimum absolute atomic E-state index is 0.0286. The lowest BCUT2D eigenvalue weighted by molar-refractivity contribution is -0.127. The number of nitrogens with two attached hydrogens (primary N) is 1. The third-order valence-corrected chi connectivity index (χ3v) is 4.13. The highest BCUT2D eigenvalue weighted by Gasteiger charge is 2.29. The second kappa shape index (κ2) is 6.66. The van der Waals surface area contributed by atoms with Crippen molar-refractivity contribution in [1.29, 1.82) is 0 Å². The molecule has 1 aromatic rings. The Morgan fingerprint density at radius 2 is 2.20 bits per heavy atom. The Morgan fingerprint density at radius 1 is 1.50 bits per heavy atom. The maximum Gasteiger partial charge on any atom is 0.260 e. The van der Waals surface area contributed by atoms with Gasteiger partial charge < -0.3 is 15.8 Å². The van der Waals surface area contributed by atoms with Crippen molar-refractivity contribution in [1.82, 2.24) is 5.32 Å². The first kappa shape index (κ1) is 15.4. The number of benzene rings is 1. The van der Waals surface area contributed by atoms with Gasteiger partial charge in [0.2, 0.25) is 0 Å². The maximum absolute atomic E-state index is 11.9. The molecule has 2 atom stereocenters. The molecule has 1 aliphatic rings. The van der Waals surface area contributed by atoms with Crippen LogP contribution in [0.1, 0.15) is 19.8 Å². The molecule has 1 aliphatic carbocycles. The van der Waals surface area contributed by atoms with E-state index in [4.69, 9.17) is 33.7 Å². The van der Waals surface area contributed by atoms with Crippen molar-refractivity contribution < 1.29 is 9.53 Å². The molecule has 6 heteroatoms. The van der Waals surface area contributed by atoms with Gasteiger partial charge in [0, 0.05) is 12.6 Å². The van der Waals surface area contributed by atoms with Crippen LogP contribution in [0, 0.1) is 5.92 Å². The highest BCUT2D eigenvalue weighted by Crippen LogP contribution is 2.32. The van der Waals surface area contributed by atoms with E-state index in [1.807, 2.05) is 0 Å². The zero-order valence-corrected chi connectivity index (χ0v) is 12.7. The van der Waals surface area contributed by atoms with Crippen LogP contribution in [0.5, 0.6) is 5.75 Å². The van der Waals surface area contributed by atoms with Gasteiger partial charge in [-0.05, 0) is 37.8 Å². The molecule has 0 aliphatic heterocycles. The topological polar surface area (TPSA) is 64.3 Å². The number of hydrogen-bond acceptors (Lipinski definition) is 3. The monoisotopic (exact) mass is 316 g/mol. The number of amides is 1. The van der Waals surface area contributed by atoms with Gasteiger partial charge in [-0.25, -0.2) is 0 Å². The van der Waals surface area contributed by atoms with E-state index in [-0.39, 0.29) is 11.9 Å². The van der Waals surface area contributed by atoms with Crippen molar-refractivity contribution >= 4 is 29.1 Å². The first-order chi connectivity index (χ1) is 9.49. The Hall–Kier alpha value is -0.970. The fourth-order valence-corrected chi connectivity index (χ4v) is 2.21. The standard InChI is InChI=1S/C14H18Cl2N2O2/c1-8(14(19)18-7-11(17)9-5-6-9)20-12-4-2-3-10(15)13(12)16/h2-4,8-9,11H,5-7,17H2,1H3,(H,18,19). The zero-order chi connectivity index (χ0) is 14.7. The number of carbonyl (C=O) groups excluding carboxylic acids is 1. The highest BCUT2D eigenvalue weighted by molar-refractivity contribution is 6.42.